The van der Waals surface area contributed by atoms with E-state index < -0.39 is 45.4 Å². The van der Waals surface area contributed by atoms with Crippen LogP contribution in [0.3, 0.4) is 0 Å². The van der Waals surface area contributed by atoms with E-state index >= 15 is 0 Å². The van der Waals surface area contributed by atoms with Crippen molar-refractivity contribution in [1.82, 2.24) is 15.2 Å². The second-order valence-electron chi connectivity index (χ2n) is 7.02. The Hall–Kier alpha value is -4.11. The summed E-state index contributed by atoms with van der Waals surface area (Å²) < 4.78 is 41.4. The van der Waals surface area contributed by atoms with E-state index in [0.29, 0.717) is 5.69 Å². The van der Waals surface area contributed by atoms with E-state index in [1.165, 1.54) is 66.8 Å². The standard InChI is InChI=1S/C21H16N4O8S2/c26-18-16(20(28)24(22-18)12-4-8-14(9-5-12)34(30)31)2-1-3-17-19(27)23-25(21(17)29)13-6-10-15(11-7-13)35(32)33/h1-11,28H,(H,22,26)(H,23,27)(H,30,31)(H,32,33). The summed E-state index contributed by atoms with van der Waals surface area (Å²) in [5.41, 5.74) is 1.93. The normalized spacial score (nSPS) is 16.7. The summed E-state index contributed by atoms with van der Waals surface area (Å²) in [6.07, 6.45) is 3.64. The van der Waals surface area contributed by atoms with Crippen molar-refractivity contribution in [3.05, 3.63) is 82.2 Å². The SMILES string of the molecule is O=C1NN(c2ccc(S(=O)O)cc2)C(=O)C1=CC=Cc1c(O)n(-c2ccc(S(=O)O)cc2)[nH]c1=O. The van der Waals surface area contributed by atoms with Gasteiger partial charge in [0.05, 0.1) is 21.2 Å². The lowest BCUT2D eigenvalue weighted by Gasteiger charge is -2.14. The molecule has 14 heteroatoms. The molecule has 1 saturated heterocycles. The second kappa shape index (κ2) is 9.63. The molecule has 0 aliphatic carbocycles. The fourth-order valence-electron chi connectivity index (χ4n) is 3.20. The first kappa shape index (κ1) is 24.0. The number of hydrogen-bond acceptors (Lipinski definition) is 6. The average molecular weight is 517 g/mol. The Kier molecular flexibility index (Phi) is 6.61. The third-order valence-corrected chi connectivity index (χ3v) is 6.27. The molecule has 0 bridgehead atoms. The Morgan fingerprint density at radius 2 is 1.37 bits per heavy atom. The monoisotopic (exact) mass is 516 g/mol. The molecule has 0 radical (unpaired) electrons. The van der Waals surface area contributed by atoms with Crippen LogP contribution in [-0.2, 0) is 31.7 Å². The number of H-pyrrole nitrogens is 1. The van der Waals surface area contributed by atoms with Crippen LogP contribution in [0.5, 0.6) is 5.88 Å². The minimum atomic E-state index is -2.19. The Morgan fingerprint density at radius 1 is 0.829 bits per heavy atom. The van der Waals surface area contributed by atoms with Gasteiger partial charge < -0.3 is 14.2 Å². The molecule has 4 rings (SSSR count). The number of carbonyl (C=O) groups is 2. The molecule has 35 heavy (non-hydrogen) atoms. The molecule has 1 fully saturated rings. The number of allylic oxidation sites excluding steroid dienone is 2. The van der Waals surface area contributed by atoms with Crippen LogP contribution in [0.2, 0.25) is 0 Å². The number of hydrogen-bond donors (Lipinski definition) is 5. The van der Waals surface area contributed by atoms with E-state index in [0.717, 1.165) is 9.69 Å². The highest BCUT2D eigenvalue weighted by molar-refractivity contribution is 7.79. The van der Waals surface area contributed by atoms with Crippen LogP contribution >= 0.6 is 0 Å². The largest absolute Gasteiger partial charge is 0.493 e. The number of aromatic nitrogens is 2. The first-order chi connectivity index (χ1) is 16.7. The van der Waals surface area contributed by atoms with Gasteiger partial charge in [-0.1, -0.05) is 6.08 Å². The Bertz CT molecular complexity index is 1490. The van der Waals surface area contributed by atoms with Gasteiger partial charge in [0.15, 0.2) is 22.2 Å². The molecular formula is C21H16N4O8S2. The number of nitrogens with zero attached hydrogens (tertiary/aromatic N) is 2. The second-order valence-corrected chi connectivity index (χ2v) is 8.96. The molecule has 2 heterocycles. The quantitative estimate of drug-likeness (QED) is 0.183. The molecule has 1 aliphatic heterocycles. The highest BCUT2D eigenvalue weighted by atomic mass is 32.2. The van der Waals surface area contributed by atoms with Gasteiger partial charge in [-0.05, 0) is 60.7 Å². The number of aromatic hydroxyl groups is 1. The fourth-order valence-corrected chi connectivity index (χ4v) is 3.93. The van der Waals surface area contributed by atoms with Crippen molar-refractivity contribution in [1.29, 1.82) is 0 Å². The van der Waals surface area contributed by atoms with Gasteiger partial charge in [-0.2, -0.15) is 0 Å². The van der Waals surface area contributed by atoms with Gasteiger partial charge >= 0.3 is 0 Å². The van der Waals surface area contributed by atoms with Crippen LogP contribution in [0.25, 0.3) is 11.8 Å². The smallest absolute Gasteiger partial charge is 0.282 e. The topological polar surface area (TPSA) is 182 Å². The highest BCUT2D eigenvalue weighted by Gasteiger charge is 2.34. The van der Waals surface area contributed by atoms with Crippen LogP contribution in [0.15, 0.2) is 80.8 Å². The molecule has 2 unspecified atom stereocenters. The number of amides is 2. The van der Waals surface area contributed by atoms with Crippen molar-refractivity contribution in [3.63, 3.8) is 0 Å². The van der Waals surface area contributed by atoms with E-state index in [2.05, 4.69) is 10.5 Å². The van der Waals surface area contributed by atoms with Gasteiger partial charge in [0.25, 0.3) is 17.4 Å². The number of anilines is 1. The van der Waals surface area contributed by atoms with Gasteiger partial charge in [0.1, 0.15) is 11.1 Å². The molecule has 12 nitrogen and oxygen atoms in total. The average Bonchev–Trinajstić information content (AvgIpc) is 3.28. The lowest BCUT2D eigenvalue weighted by atomic mass is 10.2. The van der Waals surface area contributed by atoms with Gasteiger partial charge in [-0.25, -0.2) is 18.1 Å². The van der Waals surface area contributed by atoms with Crippen molar-refractivity contribution >= 4 is 45.7 Å². The minimum Gasteiger partial charge on any atom is -0.493 e. The van der Waals surface area contributed by atoms with E-state index in [9.17, 15) is 27.9 Å². The van der Waals surface area contributed by atoms with Crippen LogP contribution in [0, 0.1) is 0 Å². The molecule has 180 valence electrons. The van der Waals surface area contributed by atoms with E-state index in [1.54, 1.807) is 0 Å². The highest BCUT2D eigenvalue weighted by Crippen LogP contribution is 2.23. The summed E-state index contributed by atoms with van der Waals surface area (Å²) in [6.45, 7) is 0. The predicted octanol–water partition coefficient (Wildman–Crippen LogP) is 1.05. The Balaban J connectivity index is 1.56. The number of benzene rings is 2. The van der Waals surface area contributed by atoms with Crippen LogP contribution in [0.4, 0.5) is 5.69 Å². The summed E-state index contributed by atoms with van der Waals surface area (Å²) in [7, 11) is 0. The molecule has 3 aromatic rings. The van der Waals surface area contributed by atoms with Crippen molar-refractivity contribution in [3.8, 4) is 11.6 Å². The Morgan fingerprint density at radius 3 is 1.91 bits per heavy atom. The van der Waals surface area contributed by atoms with Crippen LogP contribution in [-0.4, -0.2) is 44.2 Å². The number of nitrogens with one attached hydrogen (secondary N) is 2. The van der Waals surface area contributed by atoms with Crippen molar-refractivity contribution in [2.45, 2.75) is 9.79 Å². The predicted molar refractivity (Wildman–Crippen MR) is 125 cm³/mol. The first-order valence-electron chi connectivity index (χ1n) is 9.67. The van der Waals surface area contributed by atoms with E-state index in [4.69, 9.17) is 9.11 Å². The van der Waals surface area contributed by atoms with E-state index in [-0.39, 0.29) is 26.6 Å². The summed E-state index contributed by atoms with van der Waals surface area (Å²) in [4.78, 5) is 37.5. The summed E-state index contributed by atoms with van der Waals surface area (Å²) in [5.74, 6) is -1.84. The van der Waals surface area contributed by atoms with Gasteiger partial charge in [-0.15, -0.1) is 0 Å². The third-order valence-electron chi connectivity index (χ3n) is 4.92. The number of carbonyl (C=O) groups excluding carboxylic acids is 2. The zero-order chi connectivity index (χ0) is 25.3. The summed E-state index contributed by atoms with van der Waals surface area (Å²) >= 11 is -4.36. The first-order valence-corrected chi connectivity index (χ1v) is 11.9. The molecule has 5 N–H and O–H groups in total. The fraction of sp³-hybridized carbons (Fsp3) is 0. The molecule has 1 aliphatic rings. The molecule has 0 spiro atoms. The van der Waals surface area contributed by atoms with Gasteiger partial charge in [-0.3, -0.25) is 24.9 Å². The molecule has 2 aromatic carbocycles. The van der Waals surface area contributed by atoms with E-state index in [1.807, 2.05) is 0 Å². The maximum absolute atomic E-state index is 12.6. The number of aromatic amines is 1. The van der Waals surface area contributed by atoms with Crippen LogP contribution in [0.1, 0.15) is 5.56 Å². The molecule has 1 aromatic heterocycles. The minimum absolute atomic E-state index is 0.127. The maximum atomic E-state index is 12.6. The zero-order valence-electron chi connectivity index (χ0n) is 17.4. The molecule has 0 saturated carbocycles. The molecule has 2 amide bonds. The lowest BCUT2D eigenvalue weighted by molar-refractivity contribution is -0.117. The van der Waals surface area contributed by atoms with Crippen molar-refractivity contribution in [2.75, 3.05) is 5.01 Å². The van der Waals surface area contributed by atoms with Crippen LogP contribution < -0.4 is 16.0 Å². The zero-order valence-corrected chi connectivity index (χ0v) is 19.1. The number of rotatable bonds is 6. The summed E-state index contributed by atoms with van der Waals surface area (Å²) in [5, 5.41) is 13.8. The van der Waals surface area contributed by atoms with Gasteiger partial charge in [0.2, 0.25) is 5.88 Å². The number of hydrazine groups is 1. The van der Waals surface area contributed by atoms with Gasteiger partial charge in [0, 0.05) is 0 Å². The third kappa shape index (κ3) is 4.76. The lowest BCUT2D eigenvalue weighted by Crippen LogP contribution is -2.35. The van der Waals surface area contributed by atoms with Crippen molar-refractivity contribution in [2.24, 2.45) is 0 Å². The molecular weight excluding hydrogens is 500 g/mol. The van der Waals surface area contributed by atoms with Crippen molar-refractivity contribution < 1.29 is 32.2 Å². The maximum Gasteiger partial charge on any atom is 0.282 e. The molecule has 2 atom stereocenters. The summed E-state index contributed by atoms with van der Waals surface area (Å²) in [6, 6.07) is 11.0. The Labute approximate surface area is 201 Å².